The Kier molecular flexibility index (Phi) is 4.72. The van der Waals surface area contributed by atoms with Crippen molar-refractivity contribution in [2.24, 2.45) is 5.92 Å². The van der Waals surface area contributed by atoms with E-state index in [1.807, 2.05) is 18.2 Å². The van der Waals surface area contributed by atoms with Crippen LogP contribution in [0.25, 0.3) is 0 Å². The summed E-state index contributed by atoms with van der Waals surface area (Å²) in [5, 5.41) is 5.01. The maximum absolute atomic E-state index is 6.15. The van der Waals surface area contributed by atoms with Crippen molar-refractivity contribution in [1.29, 1.82) is 0 Å². The van der Waals surface area contributed by atoms with Gasteiger partial charge in [0.15, 0.2) is 0 Å². The normalized spacial score (nSPS) is 17.1. The Morgan fingerprint density at radius 2 is 1.94 bits per heavy atom. The molecule has 1 nitrogen and oxygen atoms in total. The molecule has 3 heteroatoms. The van der Waals surface area contributed by atoms with Crippen LogP contribution in [-0.2, 0) is 6.42 Å². The second-order valence-corrected chi connectivity index (χ2v) is 5.64. The van der Waals surface area contributed by atoms with E-state index >= 15 is 0 Å². The van der Waals surface area contributed by atoms with Crippen LogP contribution in [0.5, 0.6) is 0 Å². The van der Waals surface area contributed by atoms with Crippen molar-refractivity contribution in [2.45, 2.75) is 38.1 Å². The highest BCUT2D eigenvalue weighted by Gasteiger charge is 2.29. The Morgan fingerprint density at radius 1 is 1.29 bits per heavy atom. The summed E-state index contributed by atoms with van der Waals surface area (Å²) < 4.78 is 0. The molecule has 1 aliphatic carbocycles. The molecule has 1 fully saturated rings. The molecule has 0 amide bonds. The molecule has 0 saturated heterocycles. The smallest absolute Gasteiger partial charge is 0.0452 e. The quantitative estimate of drug-likeness (QED) is 0.813. The largest absolute Gasteiger partial charge is 0.317 e. The van der Waals surface area contributed by atoms with Gasteiger partial charge < -0.3 is 5.32 Å². The molecule has 0 aromatic heterocycles. The topological polar surface area (TPSA) is 12.0 Å². The Labute approximate surface area is 114 Å². The van der Waals surface area contributed by atoms with Crippen LogP contribution in [0, 0.1) is 5.92 Å². The zero-order valence-electron chi connectivity index (χ0n) is 10.2. The Morgan fingerprint density at radius 3 is 2.47 bits per heavy atom. The summed E-state index contributed by atoms with van der Waals surface area (Å²) in [5.74, 6) is 0.904. The molecule has 0 heterocycles. The number of benzene rings is 1. The van der Waals surface area contributed by atoms with Crippen molar-refractivity contribution in [1.82, 2.24) is 5.32 Å². The van der Waals surface area contributed by atoms with Crippen molar-refractivity contribution in [3.05, 3.63) is 33.8 Å². The molecule has 1 atom stereocenters. The number of hydrogen-bond donors (Lipinski definition) is 1. The highest BCUT2D eigenvalue weighted by atomic mass is 35.5. The summed E-state index contributed by atoms with van der Waals surface area (Å²) in [6.07, 6.45) is 6.11. The van der Waals surface area contributed by atoms with E-state index in [4.69, 9.17) is 23.2 Å². The van der Waals surface area contributed by atoms with E-state index in [-0.39, 0.29) is 0 Å². The van der Waals surface area contributed by atoms with Crippen molar-refractivity contribution in [2.75, 3.05) is 7.05 Å². The minimum atomic E-state index is 0.677. The molecule has 2 rings (SSSR count). The average Bonchev–Trinajstić information content (AvgIpc) is 3.12. The lowest BCUT2D eigenvalue weighted by Crippen LogP contribution is -2.27. The molecule has 1 unspecified atom stereocenters. The van der Waals surface area contributed by atoms with Gasteiger partial charge in [-0.15, -0.1) is 0 Å². The number of halogens is 2. The molecule has 94 valence electrons. The van der Waals surface area contributed by atoms with Gasteiger partial charge >= 0.3 is 0 Å². The summed E-state index contributed by atoms with van der Waals surface area (Å²) >= 11 is 12.3. The van der Waals surface area contributed by atoms with Gasteiger partial charge in [-0.25, -0.2) is 0 Å². The predicted octanol–water partition coefficient (Wildman–Crippen LogP) is 4.31. The number of rotatable bonds is 6. The van der Waals surface area contributed by atoms with Crippen LogP contribution in [0.2, 0.25) is 10.0 Å². The van der Waals surface area contributed by atoms with Gasteiger partial charge in [0.25, 0.3) is 0 Å². The minimum absolute atomic E-state index is 0.677. The van der Waals surface area contributed by atoms with Gasteiger partial charge in [-0.3, -0.25) is 0 Å². The van der Waals surface area contributed by atoms with Gasteiger partial charge in [-0.2, -0.15) is 0 Å². The summed E-state index contributed by atoms with van der Waals surface area (Å²) in [6.45, 7) is 0. The maximum Gasteiger partial charge on any atom is 0.0452 e. The Bertz CT molecular complexity index is 354. The fourth-order valence-electron chi connectivity index (χ4n) is 2.38. The van der Waals surface area contributed by atoms with Crippen LogP contribution in [0.4, 0.5) is 0 Å². The third-order valence-electron chi connectivity index (χ3n) is 3.57. The number of hydrogen-bond acceptors (Lipinski definition) is 1. The predicted molar refractivity (Wildman–Crippen MR) is 75.0 cm³/mol. The fourth-order valence-corrected chi connectivity index (χ4v) is 2.97. The lowest BCUT2D eigenvalue weighted by molar-refractivity contribution is 0.456. The monoisotopic (exact) mass is 271 g/mol. The second kappa shape index (κ2) is 6.08. The van der Waals surface area contributed by atoms with E-state index < -0.39 is 0 Å². The van der Waals surface area contributed by atoms with Crippen LogP contribution in [0.15, 0.2) is 18.2 Å². The van der Waals surface area contributed by atoms with E-state index in [0.717, 1.165) is 34.4 Å². The van der Waals surface area contributed by atoms with E-state index in [2.05, 4.69) is 12.4 Å². The molecule has 1 aromatic rings. The van der Waals surface area contributed by atoms with Crippen LogP contribution in [-0.4, -0.2) is 13.1 Å². The first-order valence-corrected chi connectivity index (χ1v) is 7.08. The van der Waals surface area contributed by atoms with Crippen LogP contribution < -0.4 is 5.32 Å². The van der Waals surface area contributed by atoms with Gasteiger partial charge in [0.05, 0.1) is 0 Å². The molecule has 17 heavy (non-hydrogen) atoms. The van der Waals surface area contributed by atoms with Crippen LogP contribution in [0.1, 0.15) is 31.2 Å². The maximum atomic E-state index is 6.15. The summed E-state index contributed by atoms with van der Waals surface area (Å²) in [7, 11) is 2.06. The molecule has 1 aliphatic rings. The zero-order valence-corrected chi connectivity index (χ0v) is 11.7. The van der Waals surface area contributed by atoms with E-state index in [1.54, 1.807) is 0 Å². The standard InChI is InChI=1S/C14H19Cl2N/c1-17-14(10-8-9-10)7-2-4-11-12(15)5-3-6-13(11)16/h3,5-6,10,14,17H,2,4,7-9H2,1H3. The highest BCUT2D eigenvalue weighted by molar-refractivity contribution is 6.35. The van der Waals surface area contributed by atoms with E-state index in [1.165, 1.54) is 19.3 Å². The van der Waals surface area contributed by atoms with Crippen molar-refractivity contribution < 1.29 is 0 Å². The molecule has 0 aliphatic heterocycles. The van der Waals surface area contributed by atoms with E-state index in [9.17, 15) is 0 Å². The SMILES string of the molecule is CNC(CCCc1c(Cl)cccc1Cl)C1CC1. The minimum Gasteiger partial charge on any atom is -0.317 e. The molecular weight excluding hydrogens is 253 g/mol. The molecule has 1 saturated carbocycles. The lowest BCUT2D eigenvalue weighted by Gasteiger charge is -2.15. The fraction of sp³-hybridized carbons (Fsp3) is 0.571. The van der Waals surface area contributed by atoms with Gasteiger partial charge in [-0.05, 0) is 62.8 Å². The third-order valence-corrected chi connectivity index (χ3v) is 4.27. The first-order chi connectivity index (χ1) is 8.22. The highest BCUT2D eigenvalue weighted by Crippen LogP contribution is 2.35. The van der Waals surface area contributed by atoms with Gasteiger partial charge in [-0.1, -0.05) is 29.3 Å². The molecule has 0 spiro atoms. The number of nitrogens with one attached hydrogen (secondary N) is 1. The Balaban J connectivity index is 1.85. The second-order valence-electron chi connectivity index (χ2n) is 4.83. The van der Waals surface area contributed by atoms with Gasteiger partial charge in [0.2, 0.25) is 0 Å². The Hall–Kier alpha value is -0.240. The molecule has 0 bridgehead atoms. The molecule has 1 N–H and O–H groups in total. The summed E-state index contributed by atoms with van der Waals surface area (Å²) in [6, 6.07) is 6.41. The van der Waals surface area contributed by atoms with Gasteiger partial charge in [0.1, 0.15) is 0 Å². The third kappa shape index (κ3) is 3.61. The molecular formula is C14H19Cl2N. The zero-order chi connectivity index (χ0) is 12.3. The average molecular weight is 272 g/mol. The summed E-state index contributed by atoms with van der Waals surface area (Å²) in [5.41, 5.74) is 1.10. The lowest BCUT2D eigenvalue weighted by atomic mass is 10.0. The van der Waals surface area contributed by atoms with Crippen molar-refractivity contribution in [3.8, 4) is 0 Å². The van der Waals surface area contributed by atoms with Gasteiger partial charge in [0, 0.05) is 16.1 Å². The van der Waals surface area contributed by atoms with E-state index in [0.29, 0.717) is 6.04 Å². The van der Waals surface area contributed by atoms with Crippen LogP contribution in [0.3, 0.4) is 0 Å². The molecule has 0 radical (unpaired) electrons. The van der Waals surface area contributed by atoms with Crippen LogP contribution >= 0.6 is 23.2 Å². The van der Waals surface area contributed by atoms with Crippen molar-refractivity contribution in [3.63, 3.8) is 0 Å². The molecule has 1 aromatic carbocycles. The van der Waals surface area contributed by atoms with Crippen molar-refractivity contribution >= 4 is 23.2 Å². The first-order valence-electron chi connectivity index (χ1n) is 6.32. The first kappa shape index (κ1) is 13.2. The summed E-state index contributed by atoms with van der Waals surface area (Å²) in [4.78, 5) is 0.